The standard InChI is InChI=1S/C29H32Cl2N6O/c1-21-23(20-35-10-4-3-5-11-35)7-6-8-26(21)34-28(38)9-12-36-13-14-37(29(36)27(18-32)33-2)19-22-15-24(30)17-25(31)16-22/h6-8,15-17H,3-5,9-14,19-20H2,1H3,(H,34,38). The number of allylic oxidation sites excluding steroid dienone is 1. The van der Waals surface area contributed by atoms with E-state index in [0.29, 0.717) is 42.0 Å². The number of anilines is 1. The van der Waals surface area contributed by atoms with Gasteiger partial charge in [0, 0.05) is 54.9 Å². The molecular weight excluding hydrogens is 519 g/mol. The summed E-state index contributed by atoms with van der Waals surface area (Å²) in [5.41, 5.74) is 4.07. The summed E-state index contributed by atoms with van der Waals surface area (Å²) in [5.74, 6) is 0.454. The molecule has 0 atom stereocenters. The maximum Gasteiger partial charge on any atom is 0.300 e. The molecule has 2 saturated heterocycles. The van der Waals surface area contributed by atoms with E-state index in [9.17, 15) is 10.1 Å². The molecule has 9 heteroatoms. The van der Waals surface area contributed by atoms with Crippen molar-refractivity contribution < 1.29 is 4.79 Å². The first kappa shape index (κ1) is 27.8. The molecule has 38 heavy (non-hydrogen) atoms. The molecule has 1 N–H and O–H groups in total. The maximum atomic E-state index is 13.0. The minimum absolute atomic E-state index is 0.0114. The van der Waals surface area contributed by atoms with Crippen LogP contribution in [0.3, 0.4) is 0 Å². The molecule has 7 nitrogen and oxygen atoms in total. The number of amides is 1. The molecule has 0 spiro atoms. The summed E-state index contributed by atoms with van der Waals surface area (Å²) in [7, 11) is 0. The van der Waals surface area contributed by atoms with Crippen molar-refractivity contribution >= 4 is 34.8 Å². The molecule has 0 saturated carbocycles. The largest absolute Gasteiger partial charge is 0.364 e. The lowest BCUT2D eigenvalue weighted by Crippen LogP contribution is -2.29. The van der Waals surface area contributed by atoms with E-state index < -0.39 is 0 Å². The van der Waals surface area contributed by atoms with E-state index in [2.05, 4.69) is 28.1 Å². The lowest BCUT2D eigenvalue weighted by Gasteiger charge is -2.27. The first-order chi connectivity index (χ1) is 18.4. The van der Waals surface area contributed by atoms with Crippen LogP contribution in [0.1, 0.15) is 42.4 Å². The zero-order valence-electron chi connectivity index (χ0n) is 21.6. The van der Waals surface area contributed by atoms with E-state index >= 15 is 0 Å². The number of halogens is 2. The highest BCUT2D eigenvalue weighted by atomic mass is 35.5. The molecule has 2 aliphatic heterocycles. The van der Waals surface area contributed by atoms with Gasteiger partial charge in [0.2, 0.25) is 5.91 Å². The molecule has 2 aromatic rings. The monoisotopic (exact) mass is 550 g/mol. The van der Waals surface area contributed by atoms with Gasteiger partial charge in [0.1, 0.15) is 5.82 Å². The van der Waals surface area contributed by atoms with Crippen molar-refractivity contribution in [3.63, 3.8) is 0 Å². The number of hydrogen-bond acceptors (Lipinski definition) is 5. The van der Waals surface area contributed by atoms with Crippen LogP contribution in [-0.4, -0.2) is 53.3 Å². The van der Waals surface area contributed by atoms with E-state index in [1.165, 1.54) is 24.8 Å². The number of carbonyl (C=O) groups excluding carboxylic acids is 1. The van der Waals surface area contributed by atoms with Crippen LogP contribution in [0.25, 0.3) is 4.85 Å². The fourth-order valence-electron chi connectivity index (χ4n) is 5.17. The Balaban J connectivity index is 1.40. The van der Waals surface area contributed by atoms with Gasteiger partial charge in [-0.1, -0.05) is 41.8 Å². The molecule has 0 aromatic heterocycles. The van der Waals surface area contributed by atoms with Gasteiger partial charge in [-0.3, -0.25) is 9.69 Å². The fraction of sp³-hybridized carbons (Fsp3) is 0.414. The number of hydrogen-bond donors (Lipinski definition) is 1. The first-order valence-corrected chi connectivity index (χ1v) is 13.7. The van der Waals surface area contributed by atoms with Crippen molar-refractivity contribution in [3.8, 4) is 6.07 Å². The van der Waals surface area contributed by atoms with Crippen molar-refractivity contribution in [2.45, 2.75) is 45.7 Å². The van der Waals surface area contributed by atoms with Gasteiger partial charge in [-0.15, -0.1) is 0 Å². The van der Waals surface area contributed by atoms with Crippen LogP contribution in [0.15, 0.2) is 47.9 Å². The SMILES string of the molecule is [C-]#[N+]C(C#N)=C1N(CCC(=O)Nc2cccc(CN3CCCCC3)c2C)CCN1Cc1cc(Cl)cc(Cl)c1. The molecule has 2 fully saturated rings. The van der Waals surface area contributed by atoms with E-state index in [0.717, 1.165) is 36.4 Å². The summed E-state index contributed by atoms with van der Waals surface area (Å²) in [5, 5.41) is 13.8. The smallest absolute Gasteiger partial charge is 0.300 e. The number of likely N-dealkylation sites (tertiary alicyclic amines) is 1. The number of carbonyl (C=O) groups is 1. The molecule has 2 aliphatic rings. The Labute approximate surface area is 235 Å². The minimum atomic E-state index is -0.0936. The third kappa shape index (κ3) is 6.99. The normalized spacial score (nSPS) is 17.2. The van der Waals surface area contributed by atoms with Gasteiger partial charge in [0.15, 0.2) is 0 Å². The number of piperidine rings is 1. The van der Waals surface area contributed by atoms with Crippen LogP contribution in [0.2, 0.25) is 10.0 Å². The Bertz CT molecular complexity index is 1250. The van der Waals surface area contributed by atoms with Gasteiger partial charge < -0.3 is 15.1 Å². The molecule has 198 valence electrons. The van der Waals surface area contributed by atoms with Crippen molar-refractivity contribution in [1.29, 1.82) is 5.26 Å². The average Bonchev–Trinajstić information content (AvgIpc) is 3.28. The first-order valence-electron chi connectivity index (χ1n) is 13.0. The van der Waals surface area contributed by atoms with Gasteiger partial charge in [-0.25, -0.2) is 10.1 Å². The third-order valence-electron chi connectivity index (χ3n) is 7.14. The van der Waals surface area contributed by atoms with Crippen LogP contribution >= 0.6 is 23.2 Å². The van der Waals surface area contributed by atoms with Crippen molar-refractivity contribution in [2.75, 3.05) is 38.0 Å². The van der Waals surface area contributed by atoms with Crippen LogP contribution < -0.4 is 5.32 Å². The molecule has 0 aliphatic carbocycles. The number of nitrogens with one attached hydrogen (secondary N) is 1. The summed E-state index contributed by atoms with van der Waals surface area (Å²) in [6.45, 7) is 14.8. The van der Waals surface area contributed by atoms with Crippen molar-refractivity contribution in [2.24, 2.45) is 0 Å². The number of benzene rings is 2. The van der Waals surface area contributed by atoms with E-state index in [1.807, 2.05) is 40.1 Å². The maximum absolute atomic E-state index is 13.0. The van der Waals surface area contributed by atoms with Gasteiger partial charge in [-0.2, -0.15) is 0 Å². The molecule has 0 unspecified atom stereocenters. The summed E-state index contributed by atoms with van der Waals surface area (Å²) in [6.07, 6.45) is 4.03. The van der Waals surface area contributed by atoms with Crippen molar-refractivity contribution in [3.05, 3.63) is 86.1 Å². The van der Waals surface area contributed by atoms with Crippen LogP contribution in [0.5, 0.6) is 0 Å². The van der Waals surface area contributed by atoms with Gasteiger partial charge in [0.25, 0.3) is 0 Å². The molecular formula is C29H32Cl2N6O. The number of nitrogens with zero attached hydrogens (tertiary/aromatic N) is 5. The second kappa shape index (κ2) is 13.0. The molecule has 2 aromatic carbocycles. The Kier molecular flexibility index (Phi) is 9.53. The number of rotatable bonds is 8. The van der Waals surface area contributed by atoms with Crippen molar-refractivity contribution in [1.82, 2.24) is 14.7 Å². The van der Waals surface area contributed by atoms with Gasteiger partial charge >= 0.3 is 5.70 Å². The third-order valence-corrected chi connectivity index (χ3v) is 7.57. The van der Waals surface area contributed by atoms with Crippen LogP contribution in [0.4, 0.5) is 5.69 Å². The Morgan fingerprint density at radius 2 is 1.76 bits per heavy atom. The van der Waals surface area contributed by atoms with Crippen LogP contribution in [0, 0.1) is 24.8 Å². The zero-order valence-corrected chi connectivity index (χ0v) is 23.2. The van der Waals surface area contributed by atoms with E-state index in [1.54, 1.807) is 6.07 Å². The molecule has 0 radical (unpaired) electrons. The molecule has 1 amide bonds. The summed E-state index contributed by atoms with van der Waals surface area (Å²) >= 11 is 12.3. The topological polar surface area (TPSA) is 67.0 Å². The summed E-state index contributed by atoms with van der Waals surface area (Å²) < 4.78 is 0. The van der Waals surface area contributed by atoms with E-state index in [4.69, 9.17) is 29.8 Å². The predicted octanol–water partition coefficient (Wildman–Crippen LogP) is 6.05. The highest BCUT2D eigenvalue weighted by Gasteiger charge is 2.29. The lowest BCUT2D eigenvalue weighted by atomic mass is 10.0. The molecule has 2 heterocycles. The van der Waals surface area contributed by atoms with Crippen LogP contribution in [-0.2, 0) is 17.9 Å². The quantitative estimate of drug-likeness (QED) is 0.320. The molecule has 0 bridgehead atoms. The van der Waals surface area contributed by atoms with E-state index in [-0.39, 0.29) is 18.0 Å². The Hall–Kier alpha value is -3.23. The predicted molar refractivity (Wildman–Crippen MR) is 151 cm³/mol. The van der Waals surface area contributed by atoms with Gasteiger partial charge in [0.05, 0.1) is 12.6 Å². The highest BCUT2D eigenvalue weighted by molar-refractivity contribution is 6.34. The fourth-order valence-corrected chi connectivity index (χ4v) is 5.74. The second-order valence-electron chi connectivity index (χ2n) is 9.81. The Morgan fingerprint density at radius 1 is 1.05 bits per heavy atom. The lowest BCUT2D eigenvalue weighted by molar-refractivity contribution is -0.116. The summed E-state index contributed by atoms with van der Waals surface area (Å²) in [6, 6.07) is 13.4. The Morgan fingerprint density at radius 3 is 2.45 bits per heavy atom. The minimum Gasteiger partial charge on any atom is -0.364 e. The highest BCUT2D eigenvalue weighted by Crippen LogP contribution is 2.28. The average molecular weight is 552 g/mol. The summed E-state index contributed by atoms with van der Waals surface area (Å²) in [4.78, 5) is 22.8. The second-order valence-corrected chi connectivity index (χ2v) is 10.7. The van der Waals surface area contributed by atoms with Gasteiger partial charge in [-0.05, 0) is 73.8 Å². The zero-order chi connectivity index (χ0) is 27.1. The molecule has 4 rings (SSSR count). The number of nitriles is 1.